The molecule has 0 fully saturated rings. The van der Waals surface area contributed by atoms with Crippen LogP contribution < -0.4 is 10.0 Å². The Kier molecular flexibility index (Phi) is 6.40. The molecule has 0 N–H and O–H groups in total. The molecular weight excluding hydrogens is 544 g/mol. The third-order valence-corrected chi connectivity index (χ3v) is 8.30. The summed E-state index contributed by atoms with van der Waals surface area (Å²) in [6.07, 6.45) is 1.45. The van der Waals surface area contributed by atoms with Gasteiger partial charge in [-0.2, -0.15) is 10.2 Å². The van der Waals surface area contributed by atoms with Crippen LogP contribution in [0.15, 0.2) is 130 Å². The molecule has 5 nitrogen and oxygen atoms in total. The Hall–Kier alpha value is -3.68. The summed E-state index contributed by atoms with van der Waals surface area (Å²) in [6.45, 7) is 0. The predicted molar refractivity (Wildman–Crippen MR) is 156 cm³/mol. The number of hydrazone groups is 2. The highest BCUT2D eigenvalue weighted by Gasteiger charge is 2.53. The van der Waals surface area contributed by atoms with Gasteiger partial charge in [-0.3, -0.25) is 4.79 Å². The molecule has 2 heterocycles. The average Bonchev–Trinajstić information content (AvgIpc) is 3.34. The lowest BCUT2D eigenvalue weighted by Gasteiger charge is -2.46. The van der Waals surface area contributed by atoms with E-state index >= 15 is 0 Å². The van der Waals surface area contributed by atoms with Crippen molar-refractivity contribution in [1.82, 2.24) is 0 Å². The number of benzene rings is 4. The minimum absolute atomic E-state index is 0.0842. The van der Waals surface area contributed by atoms with Crippen LogP contribution in [0.25, 0.3) is 0 Å². The number of hydrogen-bond donors (Lipinski definition) is 0. The summed E-state index contributed by atoms with van der Waals surface area (Å²) >= 11 is 5.01. The number of hydrogen-bond acceptors (Lipinski definition) is 6. The van der Waals surface area contributed by atoms with Crippen molar-refractivity contribution in [2.24, 2.45) is 10.2 Å². The lowest BCUT2D eigenvalue weighted by molar-refractivity contribution is 0.106. The van der Waals surface area contributed by atoms with Crippen molar-refractivity contribution in [3.8, 4) is 0 Å². The lowest BCUT2D eigenvalue weighted by atomic mass is 10.0. The van der Waals surface area contributed by atoms with Gasteiger partial charge >= 0.3 is 0 Å². The molecule has 6 rings (SSSR count). The van der Waals surface area contributed by atoms with E-state index in [4.69, 9.17) is 10.2 Å². The molecule has 4 aromatic rings. The smallest absolute Gasteiger partial charge is 0.219 e. The highest BCUT2D eigenvalue weighted by molar-refractivity contribution is 9.10. The van der Waals surface area contributed by atoms with Gasteiger partial charge in [0.1, 0.15) is 0 Å². The summed E-state index contributed by atoms with van der Waals surface area (Å²) in [6, 6.07) is 37.7. The second kappa shape index (κ2) is 10.00. The van der Waals surface area contributed by atoms with Gasteiger partial charge in [0.15, 0.2) is 5.04 Å². The van der Waals surface area contributed by atoms with Gasteiger partial charge in [0.25, 0.3) is 0 Å². The number of rotatable bonds is 5. The first-order chi connectivity index (χ1) is 18.1. The second-order valence-corrected chi connectivity index (χ2v) is 11.0. The van der Waals surface area contributed by atoms with E-state index in [0.717, 1.165) is 33.5 Å². The Bertz CT molecular complexity index is 1480. The number of halogens is 1. The van der Waals surface area contributed by atoms with E-state index in [-0.39, 0.29) is 5.78 Å². The van der Waals surface area contributed by atoms with Gasteiger partial charge in [-0.15, -0.1) is 0 Å². The van der Waals surface area contributed by atoms with E-state index in [2.05, 4.69) is 40.2 Å². The number of ketones is 1. The number of carbonyl (C=O) groups excluding carboxylic acids is 1. The maximum Gasteiger partial charge on any atom is 0.219 e. The molecule has 0 saturated heterocycles. The largest absolute Gasteiger partial charge is 0.286 e. The Morgan fingerprint density at radius 3 is 1.86 bits per heavy atom. The van der Waals surface area contributed by atoms with Crippen LogP contribution in [0, 0.1) is 0 Å². The monoisotopic (exact) mass is 566 g/mol. The van der Waals surface area contributed by atoms with Gasteiger partial charge < -0.3 is 0 Å². The van der Waals surface area contributed by atoms with E-state index in [1.54, 1.807) is 0 Å². The number of anilines is 2. The fourth-order valence-electron chi connectivity index (χ4n) is 4.62. The van der Waals surface area contributed by atoms with Crippen LogP contribution in [0.1, 0.15) is 28.8 Å². The van der Waals surface area contributed by atoms with Crippen molar-refractivity contribution >= 4 is 55.6 Å². The minimum Gasteiger partial charge on any atom is -0.286 e. The van der Waals surface area contributed by atoms with Gasteiger partial charge in [0, 0.05) is 16.5 Å². The molecule has 0 bridgehead atoms. The first-order valence-electron chi connectivity index (χ1n) is 12.1. The van der Waals surface area contributed by atoms with Crippen molar-refractivity contribution in [3.63, 3.8) is 0 Å². The molecule has 37 heavy (non-hydrogen) atoms. The lowest BCUT2D eigenvalue weighted by Crippen LogP contribution is -2.56. The fourth-order valence-corrected chi connectivity index (χ4v) is 6.20. The van der Waals surface area contributed by atoms with Crippen molar-refractivity contribution in [1.29, 1.82) is 0 Å². The zero-order valence-electron chi connectivity index (χ0n) is 19.9. The second-order valence-electron chi connectivity index (χ2n) is 8.79. The highest BCUT2D eigenvalue weighted by Crippen LogP contribution is 2.50. The molecule has 182 valence electrons. The molecule has 1 atom stereocenters. The standard InChI is InChI=1S/C30H23BrN4OS/c31-24-18-16-22(17-19-24)27-20-21-30(34(32-27)25-12-6-2-7-13-25)35(26-14-8-3-9-15-26)33-29(37-30)28(36)23-10-4-1-5-11-23/h1-19H,20-21H2/t30-/m1/s1. The van der Waals surface area contributed by atoms with Crippen molar-refractivity contribution in [3.05, 3.63) is 131 Å². The number of Topliss-reactive ketones (excluding diaryl/α,β-unsaturated/α-hetero) is 1. The van der Waals surface area contributed by atoms with Crippen molar-refractivity contribution in [2.45, 2.75) is 17.8 Å². The van der Waals surface area contributed by atoms with Gasteiger partial charge in [-0.05, 0) is 60.1 Å². The molecule has 0 aromatic heterocycles. The number of para-hydroxylation sites is 2. The molecule has 4 aromatic carbocycles. The third-order valence-electron chi connectivity index (χ3n) is 6.43. The normalized spacial score (nSPS) is 19.1. The average molecular weight is 568 g/mol. The van der Waals surface area contributed by atoms with Gasteiger partial charge in [0.2, 0.25) is 10.8 Å². The van der Waals surface area contributed by atoms with Crippen LogP contribution in [-0.4, -0.2) is 21.5 Å². The number of nitrogens with zero attached hydrogens (tertiary/aromatic N) is 4. The van der Waals surface area contributed by atoms with Gasteiger partial charge in [0.05, 0.1) is 17.1 Å². The molecule has 0 unspecified atom stereocenters. The Labute approximate surface area is 228 Å². The van der Waals surface area contributed by atoms with Crippen molar-refractivity contribution in [2.75, 3.05) is 10.0 Å². The fraction of sp³-hybridized carbons (Fsp3) is 0.100. The van der Waals surface area contributed by atoms with Crippen LogP contribution in [0.3, 0.4) is 0 Å². The Balaban J connectivity index is 1.49. The molecule has 0 aliphatic carbocycles. The topological polar surface area (TPSA) is 48.3 Å². The maximum absolute atomic E-state index is 13.6. The third kappa shape index (κ3) is 4.49. The first kappa shape index (κ1) is 23.7. The van der Waals surface area contributed by atoms with E-state index < -0.39 is 4.99 Å². The van der Waals surface area contributed by atoms with E-state index in [0.29, 0.717) is 17.0 Å². The quantitative estimate of drug-likeness (QED) is 0.234. The van der Waals surface area contributed by atoms with E-state index in [1.807, 2.05) is 101 Å². The Morgan fingerprint density at radius 2 is 1.27 bits per heavy atom. The highest BCUT2D eigenvalue weighted by atomic mass is 79.9. The number of thioether (sulfide) groups is 1. The summed E-state index contributed by atoms with van der Waals surface area (Å²) in [4.78, 5) is 12.8. The van der Waals surface area contributed by atoms with Crippen LogP contribution in [0.4, 0.5) is 11.4 Å². The molecule has 2 aliphatic heterocycles. The predicted octanol–water partition coefficient (Wildman–Crippen LogP) is 7.56. The summed E-state index contributed by atoms with van der Waals surface area (Å²) in [5, 5.41) is 14.6. The molecule has 0 amide bonds. The first-order valence-corrected chi connectivity index (χ1v) is 13.7. The van der Waals surface area contributed by atoms with E-state index in [1.165, 1.54) is 11.8 Å². The maximum atomic E-state index is 13.6. The van der Waals surface area contributed by atoms with Crippen LogP contribution in [-0.2, 0) is 0 Å². The zero-order valence-corrected chi connectivity index (χ0v) is 22.3. The summed E-state index contributed by atoms with van der Waals surface area (Å²) in [7, 11) is 0. The summed E-state index contributed by atoms with van der Waals surface area (Å²) in [5.74, 6) is -0.0842. The molecule has 0 radical (unpaired) electrons. The van der Waals surface area contributed by atoms with Gasteiger partial charge in [-0.25, -0.2) is 10.0 Å². The summed E-state index contributed by atoms with van der Waals surface area (Å²) < 4.78 is 1.03. The van der Waals surface area contributed by atoms with Crippen LogP contribution in [0.2, 0.25) is 0 Å². The molecular formula is C30H23BrN4OS. The molecule has 1 spiro atoms. The van der Waals surface area contributed by atoms with E-state index in [9.17, 15) is 4.79 Å². The molecule has 0 saturated carbocycles. The SMILES string of the molecule is O=C(C1=NN(c2ccccc2)[C@]2(CCC(c3ccc(Br)cc3)=NN2c2ccccc2)S1)c1ccccc1. The zero-order chi connectivity index (χ0) is 25.2. The van der Waals surface area contributed by atoms with Gasteiger partial charge in [-0.1, -0.05) is 94.8 Å². The van der Waals surface area contributed by atoms with Crippen LogP contribution in [0.5, 0.6) is 0 Å². The van der Waals surface area contributed by atoms with Crippen LogP contribution >= 0.6 is 27.7 Å². The molecule has 7 heteroatoms. The Morgan fingerprint density at radius 1 is 0.730 bits per heavy atom. The number of carbonyl (C=O) groups is 1. The molecule has 2 aliphatic rings. The minimum atomic E-state index is -0.735. The summed E-state index contributed by atoms with van der Waals surface area (Å²) in [5.41, 5.74) is 4.55. The van der Waals surface area contributed by atoms with Crippen molar-refractivity contribution < 1.29 is 4.79 Å².